The Kier molecular flexibility index (Phi) is 4.73. The quantitative estimate of drug-likeness (QED) is 0.754. The fourth-order valence-electron chi connectivity index (χ4n) is 3.65. The summed E-state index contributed by atoms with van der Waals surface area (Å²) in [5.41, 5.74) is 4.12. The number of aromatic carboxylic acids is 1. The molecule has 4 rings (SSSR count). The van der Waals surface area contributed by atoms with Gasteiger partial charge in [0.05, 0.1) is 5.69 Å². The molecule has 1 aliphatic heterocycles. The van der Waals surface area contributed by atoms with Gasteiger partial charge in [-0.05, 0) is 49.2 Å². The lowest BCUT2D eigenvalue weighted by Crippen LogP contribution is -2.47. The van der Waals surface area contributed by atoms with Crippen LogP contribution in [0, 0.1) is 13.8 Å². The molecule has 0 bridgehead atoms. The Labute approximate surface area is 163 Å². The molecule has 1 N–H and O–H groups in total. The van der Waals surface area contributed by atoms with Gasteiger partial charge in [0.25, 0.3) is 0 Å². The fraction of sp³-hybridized carbons (Fsp3) is 0.286. The zero-order chi connectivity index (χ0) is 19.7. The van der Waals surface area contributed by atoms with Gasteiger partial charge < -0.3 is 14.9 Å². The van der Waals surface area contributed by atoms with E-state index in [-0.39, 0.29) is 5.69 Å². The van der Waals surface area contributed by atoms with Crippen molar-refractivity contribution in [3.63, 3.8) is 0 Å². The number of aromatic nitrogens is 3. The lowest BCUT2D eigenvalue weighted by molar-refractivity contribution is 0.0690. The van der Waals surface area contributed by atoms with Gasteiger partial charge in [0.1, 0.15) is 0 Å². The molecule has 0 atom stereocenters. The first-order valence-corrected chi connectivity index (χ1v) is 9.35. The zero-order valence-electron chi connectivity index (χ0n) is 16.0. The second kappa shape index (κ2) is 7.34. The van der Waals surface area contributed by atoms with E-state index in [0.717, 1.165) is 29.9 Å². The van der Waals surface area contributed by atoms with Crippen molar-refractivity contribution in [3.8, 4) is 5.69 Å². The molecule has 144 valence electrons. The largest absolute Gasteiger partial charge is 0.476 e. The minimum atomic E-state index is -1.06. The van der Waals surface area contributed by atoms with E-state index in [1.54, 1.807) is 0 Å². The van der Waals surface area contributed by atoms with Gasteiger partial charge in [-0.1, -0.05) is 24.3 Å². The van der Waals surface area contributed by atoms with E-state index in [2.05, 4.69) is 33.3 Å². The van der Waals surface area contributed by atoms with Gasteiger partial charge in [-0.15, -0.1) is 15.0 Å². The van der Waals surface area contributed by atoms with E-state index in [1.165, 1.54) is 10.5 Å². The van der Waals surface area contributed by atoms with Crippen LogP contribution in [-0.2, 0) is 0 Å². The Morgan fingerprint density at radius 2 is 1.46 bits per heavy atom. The van der Waals surface area contributed by atoms with Crippen LogP contribution in [0.3, 0.4) is 0 Å². The molecule has 0 spiro atoms. The van der Waals surface area contributed by atoms with Gasteiger partial charge in [0.2, 0.25) is 5.69 Å². The van der Waals surface area contributed by atoms with Crippen molar-refractivity contribution in [3.05, 3.63) is 65.4 Å². The molecule has 2 heterocycles. The molecule has 3 aromatic rings. The molecule has 0 aliphatic carbocycles. The number of hydrogen-bond acceptors (Lipinski definition) is 5. The van der Waals surface area contributed by atoms with Crippen LogP contribution in [-0.4, -0.2) is 52.2 Å². The van der Waals surface area contributed by atoms with Crippen molar-refractivity contribution in [2.24, 2.45) is 0 Å². The van der Waals surface area contributed by atoms with Gasteiger partial charge >= 0.3 is 5.97 Å². The molecule has 28 heavy (non-hydrogen) atoms. The maximum Gasteiger partial charge on any atom is 0.360 e. The number of carboxylic acid groups (broad SMARTS) is 1. The second-order valence-corrected chi connectivity index (χ2v) is 7.12. The monoisotopic (exact) mass is 377 g/mol. The smallest absolute Gasteiger partial charge is 0.360 e. The molecule has 0 amide bonds. The predicted octanol–water partition coefficient (Wildman–Crippen LogP) is 2.91. The number of anilines is 2. The van der Waals surface area contributed by atoms with Crippen molar-refractivity contribution in [1.29, 1.82) is 0 Å². The molecule has 0 radical (unpaired) electrons. The third-order valence-electron chi connectivity index (χ3n) is 4.94. The maximum absolute atomic E-state index is 11.8. The van der Waals surface area contributed by atoms with Crippen LogP contribution >= 0.6 is 0 Å². The normalized spacial score (nSPS) is 14.4. The van der Waals surface area contributed by atoms with Gasteiger partial charge in [-0.3, -0.25) is 0 Å². The van der Waals surface area contributed by atoms with Crippen LogP contribution in [0.25, 0.3) is 5.69 Å². The van der Waals surface area contributed by atoms with Crippen molar-refractivity contribution in [1.82, 2.24) is 15.0 Å². The Morgan fingerprint density at radius 3 is 2.07 bits per heavy atom. The summed E-state index contributed by atoms with van der Waals surface area (Å²) >= 11 is 0. The first-order valence-electron chi connectivity index (χ1n) is 9.35. The lowest BCUT2D eigenvalue weighted by atomic mass is 10.1. The highest BCUT2D eigenvalue weighted by Gasteiger charge is 2.26. The van der Waals surface area contributed by atoms with E-state index in [0.29, 0.717) is 18.9 Å². The van der Waals surface area contributed by atoms with Crippen LogP contribution in [0.15, 0.2) is 48.5 Å². The molecule has 1 aromatic heterocycles. The van der Waals surface area contributed by atoms with Crippen LogP contribution in [0.2, 0.25) is 0 Å². The van der Waals surface area contributed by atoms with Crippen molar-refractivity contribution in [2.45, 2.75) is 13.8 Å². The molecule has 2 aromatic carbocycles. The highest BCUT2D eigenvalue weighted by Crippen LogP contribution is 2.23. The summed E-state index contributed by atoms with van der Waals surface area (Å²) < 4.78 is 0. The number of benzene rings is 2. The summed E-state index contributed by atoms with van der Waals surface area (Å²) in [5, 5.41) is 18.4. The van der Waals surface area contributed by atoms with E-state index in [4.69, 9.17) is 0 Å². The number of hydrogen-bond donors (Lipinski definition) is 1. The summed E-state index contributed by atoms with van der Waals surface area (Å²) in [7, 11) is 0. The molecule has 0 saturated carbocycles. The molecule has 7 heteroatoms. The number of nitrogens with zero attached hydrogens (tertiary/aromatic N) is 5. The van der Waals surface area contributed by atoms with Gasteiger partial charge in [-0.25, -0.2) is 4.79 Å². The topological polar surface area (TPSA) is 74.5 Å². The van der Waals surface area contributed by atoms with Crippen molar-refractivity contribution < 1.29 is 9.90 Å². The minimum Gasteiger partial charge on any atom is -0.476 e. The maximum atomic E-state index is 11.8. The van der Waals surface area contributed by atoms with Crippen molar-refractivity contribution >= 4 is 17.5 Å². The highest BCUT2D eigenvalue weighted by molar-refractivity contribution is 5.91. The summed E-state index contributed by atoms with van der Waals surface area (Å²) in [4.78, 5) is 17.5. The number of para-hydroxylation sites is 1. The average Bonchev–Trinajstić information content (AvgIpc) is 3.14. The first-order chi connectivity index (χ1) is 13.5. The van der Waals surface area contributed by atoms with E-state index < -0.39 is 5.97 Å². The van der Waals surface area contributed by atoms with Gasteiger partial charge in [0.15, 0.2) is 5.82 Å². The first kappa shape index (κ1) is 18.0. The number of carbonyl (C=O) groups is 1. The Balaban J connectivity index is 1.59. The third-order valence-corrected chi connectivity index (χ3v) is 4.94. The van der Waals surface area contributed by atoms with Crippen LogP contribution < -0.4 is 9.80 Å². The number of rotatable bonds is 4. The van der Waals surface area contributed by atoms with Gasteiger partial charge in [0, 0.05) is 31.9 Å². The number of aryl methyl sites for hydroxylation is 2. The molecular formula is C21H23N5O2. The number of carboxylic acids is 1. The second-order valence-electron chi connectivity index (χ2n) is 7.12. The predicted molar refractivity (Wildman–Crippen MR) is 109 cm³/mol. The molecule has 1 fully saturated rings. The Morgan fingerprint density at radius 1 is 0.857 bits per heavy atom. The SMILES string of the molecule is Cc1cc(C)cc(-n2nc(C(=O)O)c(N3CCN(c4ccccc4)CC3)n2)c1. The highest BCUT2D eigenvalue weighted by atomic mass is 16.4. The standard InChI is InChI=1S/C21H23N5O2/c1-15-12-16(2)14-18(13-15)26-22-19(21(27)28)20(23-26)25-10-8-24(9-11-25)17-6-4-3-5-7-17/h3-7,12-14H,8-11H2,1-2H3,(H,27,28). The molecule has 0 unspecified atom stereocenters. The molecule has 1 aliphatic rings. The van der Waals surface area contributed by atoms with Crippen LogP contribution in [0.1, 0.15) is 21.6 Å². The summed E-state index contributed by atoms with van der Waals surface area (Å²) in [6, 6.07) is 16.2. The fourth-order valence-corrected chi connectivity index (χ4v) is 3.65. The number of piperazine rings is 1. The van der Waals surface area contributed by atoms with E-state index in [9.17, 15) is 9.90 Å². The Hall–Kier alpha value is -3.35. The lowest BCUT2D eigenvalue weighted by Gasteiger charge is -2.36. The zero-order valence-corrected chi connectivity index (χ0v) is 16.0. The van der Waals surface area contributed by atoms with Crippen molar-refractivity contribution in [2.75, 3.05) is 36.0 Å². The third kappa shape index (κ3) is 3.55. The molecular weight excluding hydrogens is 354 g/mol. The summed E-state index contributed by atoms with van der Waals surface area (Å²) in [5.74, 6) is -0.629. The Bertz CT molecular complexity index is 971. The van der Waals surface area contributed by atoms with E-state index in [1.807, 2.05) is 49.1 Å². The van der Waals surface area contributed by atoms with Crippen LogP contribution in [0.4, 0.5) is 11.5 Å². The van der Waals surface area contributed by atoms with Gasteiger partial charge in [-0.2, -0.15) is 0 Å². The molecule has 1 saturated heterocycles. The summed E-state index contributed by atoms with van der Waals surface area (Å²) in [6.45, 7) is 7.00. The van der Waals surface area contributed by atoms with Crippen LogP contribution in [0.5, 0.6) is 0 Å². The minimum absolute atomic E-state index is 0.00711. The molecule has 7 nitrogen and oxygen atoms in total. The summed E-state index contributed by atoms with van der Waals surface area (Å²) in [6.07, 6.45) is 0. The van der Waals surface area contributed by atoms with E-state index >= 15 is 0 Å². The average molecular weight is 377 g/mol.